The molecule has 198 valence electrons. The summed E-state index contributed by atoms with van der Waals surface area (Å²) >= 11 is 1.27. The molecule has 0 unspecified atom stereocenters. The highest BCUT2D eigenvalue weighted by Crippen LogP contribution is 2.35. The average Bonchev–Trinajstić information content (AvgIpc) is 3.68. The summed E-state index contributed by atoms with van der Waals surface area (Å²) in [5, 5.41) is 6.87. The van der Waals surface area contributed by atoms with Crippen molar-refractivity contribution in [3.8, 4) is 11.3 Å². The molecule has 1 aliphatic rings. The van der Waals surface area contributed by atoms with Crippen LogP contribution in [0, 0.1) is 6.92 Å². The quantitative estimate of drug-likeness (QED) is 0.180. The molecule has 0 bridgehead atoms. The first-order chi connectivity index (χ1) is 18.9. The van der Waals surface area contributed by atoms with Crippen molar-refractivity contribution in [1.82, 2.24) is 10.3 Å². The van der Waals surface area contributed by atoms with Crippen LogP contribution in [0.2, 0.25) is 0 Å². The number of ketones is 1. The molecule has 2 N–H and O–H groups in total. The molecule has 1 heterocycles. The number of esters is 1. The predicted molar refractivity (Wildman–Crippen MR) is 153 cm³/mol. The molecule has 0 radical (unpaired) electrons. The number of nitrogens with one attached hydrogen (secondary N) is 2. The molecule has 0 saturated heterocycles. The third-order valence-electron chi connectivity index (χ3n) is 6.58. The predicted octanol–water partition coefficient (Wildman–Crippen LogP) is 6.36. The standard InChI is InChI=1S/C31H29N3O4S/c1-19-11-13-22(29(36)32-24-14-15-24)18-25(19)33-31-34-27(21-9-6-10-23(17-21)30(37)38-2)28(39-31)26(35)16-12-20-7-4-3-5-8-20/h3-11,13,17-18,24H,12,14-16H2,1-2H3,(H,32,36)(H,33,34). The molecular formula is C31H29N3O4S. The van der Waals surface area contributed by atoms with Crippen LogP contribution < -0.4 is 10.6 Å². The summed E-state index contributed by atoms with van der Waals surface area (Å²) in [5.74, 6) is -0.590. The molecule has 5 rings (SSSR count). The molecular weight excluding hydrogens is 510 g/mol. The second kappa shape index (κ2) is 11.6. The number of thiazole rings is 1. The Bertz CT molecular complexity index is 1530. The molecule has 39 heavy (non-hydrogen) atoms. The van der Waals surface area contributed by atoms with Crippen LogP contribution in [0.4, 0.5) is 10.8 Å². The van der Waals surface area contributed by atoms with Gasteiger partial charge in [-0.05, 0) is 61.6 Å². The molecule has 1 amide bonds. The number of nitrogens with zero attached hydrogens (tertiary/aromatic N) is 1. The number of rotatable bonds is 10. The number of aromatic nitrogens is 1. The van der Waals surface area contributed by atoms with Gasteiger partial charge in [-0.2, -0.15) is 0 Å². The first-order valence-electron chi connectivity index (χ1n) is 12.9. The Labute approximate surface area is 231 Å². The fourth-order valence-corrected chi connectivity index (χ4v) is 5.16. The van der Waals surface area contributed by atoms with Gasteiger partial charge in [-0.3, -0.25) is 9.59 Å². The summed E-state index contributed by atoms with van der Waals surface area (Å²) in [6, 6.07) is 22.6. The molecule has 1 fully saturated rings. The van der Waals surface area contributed by atoms with E-state index in [9.17, 15) is 14.4 Å². The molecule has 4 aromatic rings. The Morgan fingerprint density at radius 2 is 1.77 bits per heavy atom. The summed E-state index contributed by atoms with van der Waals surface area (Å²) in [6.07, 6.45) is 2.97. The lowest BCUT2D eigenvalue weighted by molar-refractivity contribution is 0.0600. The van der Waals surface area contributed by atoms with Crippen molar-refractivity contribution in [2.45, 2.75) is 38.6 Å². The van der Waals surface area contributed by atoms with Gasteiger partial charge in [0, 0.05) is 29.3 Å². The van der Waals surface area contributed by atoms with Crippen molar-refractivity contribution in [1.29, 1.82) is 0 Å². The van der Waals surface area contributed by atoms with Gasteiger partial charge < -0.3 is 15.4 Å². The van der Waals surface area contributed by atoms with E-state index < -0.39 is 5.97 Å². The molecule has 0 spiro atoms. The van der Waals surface area contributed by atoms with E-state index in [-0.39, 0.29) is 17.7 Å². The maximum Gasteiger partial charge on any atom is 0.337 e. The van der Waals surface area contributed by atoms with Crippen LogP contribution >= 0.6 is 11.3 Å². The number of hydrogen-bond acceptors (Lipinski definition) is 7. The number of hydrogen-bond donors (Lipinski definition) is 2. The van der Waals surface area contributed by atoms with Crippen LogP contribution in [0.25, 0.3) is 11.3 Å². The van der Waals surface area contributed by atoms with Gasteiger partial charge in [0.25, 0.3) is 5.91 Å². The van der Waals surface area contributed by atoms with Gasteiger partial charge >= 0.3 is 5.97 Å². The fourth-order valence-electron chi connectivity index (χ4n) is 4.20. The number of amides is 1. The lowest BCUT2D eigenvalue weighted by Gasteiger charge is -2.10. The summed E-state index contributed by atoms with van der Waals surface area (Å²) in [4.78, 5) is 43.5. The number of carbonyl (C=O) groups excluding carboxylic acids is 3. The number of methoxy groups -OCH3 is 1. The lowest BCUT2D eigenvalue weighted by Crippen LogP contribution is -2.25. The molecule has 3 aromatic carbocycles. The van der Waals surface area contributed by atoms with E-state index in [0.29, 0.717) is 45.2 Å². The molecule has 0 atom stereocenters. The average molecular weight is 540 g/mol. The van der Waals surface area contributed by atoms with E-state index in [2.05, 4.69) is 10.6 Å². The third-order valence-corrected chi connectivity index (χ3v) is 7.59. The molecule has 8 heteroatoms. The Morgan fingerprint density at radius 1 is 0.974 bits per heavy atom. The minimum Gasteiger partial charge on any atom is -0.465 e. The van der Waals surface area contributed by atoms with Gasteiger partial charge in [-0.1, -0.05) is 59.9 Å². The zero-order chi connectivity index (χ0) is 27.4. The van der Waals surface area contributed by atoms with E-state index in [1.54, 1.807) is 18.2 Å². The van der Waals surface area contributed by atoms with E-state index >= 15 is 0 Å². The second-order valence-corrected chi connectivity index (χ2v) is 10.6. The van der Waals surface area contributed by atoms with Crippen LogP contribution in [-0.2, 0) is 11.2 Å². The van der Waals surface area contributed by atoms with Crippen molar-refractivity contribution in [3.63, 3.8) is 0 Å². The summed E-state index contributed by atoms with van der Waals surface area (Å²) in [5.41, 5.74) is 4.87. The van der Waals surface area contributed by atoms with Crippen molar-refractivity contribution in [3.05, 3.63) is 99.9 Å². The molecule has 1 saturated carbocycles. The van der Waals surface area contributed by atoms with Gasteiger partial charge in [0.05, 0.1) is 18.4 Å². The molecule has 1 aromatic heterocycles. The van der Waals surface area contributed by atoms with Crippen LogP contribution in [0.3, 0.4) is 0 Å². The van der Waals surface area contributed by atoms with Crippen LogP contribution in [0.5, 0.6) is 0 Å². The zero-order valence-corrected chi connectivity index (χ0v) is 22.6. The van der Waals surface area contributed by atoms with Gasteiger partial charge in [0.2, 0.25) is 0 Å². The van der Waals surface area contributed by atoms with Crippen molar-refractivity contribution >= 4 is 39.8 Å². The Balaban J connectivity index is 1.46. The van der Waals surface area contributed by atoms with Gasteiger partial charge in [0.1, 0.15) is 4.88 Å². The SMILES string of the molecule is COC(=O)c1cccc(-c2nc(Nc3cc(C(=O)NC4CC4)ccc3C)sc2C(=O)CCc2ccccc2)c1. The minimum atomic E-state index is -0.459. The number of Topliss-reactive ketones (excluding diaryl/α,β-unsaturated/α-hetero) is 1. The lowest BCUT2D eigenvalue weighted by atomic mass is 10.0. The molecule has 1 aliphatic carbocycles. The van der Waals surface area contributed by atoms with Crippen LogP contribution in [0.1, 0.15) is 60.8 Å². The third kappa shape index (κ3) is 6.41. The Kier molecular flexibility index (Phi) is 7.84. The highest BCUT2D eigenvalue weighted by atomic mass is 32.1. The smallest absolute Gasteiger partial charge is 0.337 e. The number of ether oxygens (including phenoxy) is 1. The molecule has 7 nitrogen and oxygen atoms in total. The van der Waals surface area contributed by atoms with Crippen molar-refractivity contribution in [2.24, 2.45) is 0 Å². The summed E-state index contributed by atoms with van der Waals surface area (Å²) < 4.78 is 4.88. The van der Waals surface area contributed by atoms with E-state index in [4.69, 9.17) is 9.72 Å². The van der Waals surface area contributed by atoms with Gasteiger partial charge in [-0.25, -0.2) is 9.78 Å². The van der Waals surface area contributed by atoms with Gasteiger partial charge in [0.15, 0.2) is 10.9 Å². The maximum atomic E-state index is 13.5. The summed E-state index contributed by atoms with van der Waals surface area (Å²) in [7, 11) is 1.33. The van der Waals surface area contributed by atoms with E-state index in [1.807, 2.05) is 61.5 Å². The Morgan fingerprint density at radius 3 is 2.51 bits per heavy atom. The van der Waals surface area contributed by atoms with Crippen LogP contribution in [-0.4, -0.2) is 35.8 Å². The van der Waals surface area contributed by atoms with Gasteiger partial charge in [-0.15, -0.1) is 0 Å². The first kappa shape index (κ1) is 26.3. The van der Waals surface area contributed by atoms with Crippen molar-refractivity contribution in [2.75, 3.05) is 12.4 Å². The number of anilines is 2. The fraction of sp³-hybridized carbons (Fsp3) is 0.226. The molecule has 0 aliphatic heterocycles. The zero-order valence-electron chi connectivity index (χ0n) is 21.8. The normalized spacial score (nSPS) is 12.6. The largest absolute Gasteiger partial charge is 0.465 e. The van der Waals surface area contributed by atoms with E-state index in [0.717, 1.165) is 29.7 Å². The highest BCUT2D eigenvalue weighted by molar-refractivity contribution is 7.18. The number of carbonyl (C=O) groups is 3. The topological polar surface area (TPSA) is 97.4 Å². The number of aryl methyl sites for hydroxylation is 2. The van der Waals surface area contributed by atoms with Crippen LogP contribution in [0.15, 0.2) is 72.8 Å². The minimum absolute atomic E-state index is 0.0304. The Hall–Kier alpha value is -4.30. The second-order valence-electron chi connectivity index (χ2n) is 9.58. The maximum absolute atomic E-state index is 13.5. The monoisotopic (exact) mass is 539 g/mol. The highest BCUT2D eigenvalue weighted by Gasteiger charge is 2.24. The summed E-state index contributed by atoms with van der Waals surface area (Å²) in [6.45, 7) is 1.95. The van der Waals surface area contributed by atoms with Crippen molar-refractivity contribution < 1.29 is 19.1 Å². The number of benzene rings is 3. The van der Waals surface area contributed by atoms with E-state index in [1.165, 1.54) is 18.4 Å². The first-order valence-corrected chi connectivity index (χ1v) is 13.7.